The second-order valence-corrected chi connectivity index (χ2v) is 11.8. The summed E-state index contributed by atoms with van der Waals surface area (Å²) in [5, 5.41) is 0.348. The Bertz CT molecular complexity index is 1330. The van der Waals surface area contributed by atoms with Crippen molar-refractivity contribution in [3.05, 3.63) is 46.0 Å². The van der Waals surface area contributed by atoms with Crippen LogP contribution in [0.5, 0.6) is 11.5 Å². The molecule has 0 atom stereocenters. The number of aliphatic imine (C=N–C) groups is 1. The number of hydrogen-bond donors (Lipinski definition) is 2. The molecule has 4 N–H and O–H groups in total. The van der Waals surface area contributed by atoms with Crippen molar-refractivity contribution in [2.24, 2.45) is 22.4 Å². The second kappa shape index (κ2) is 9.00. The Labute approximate surface area is 209 Å². The lowest BCUT2D eigenvalue weighted by molar-refractivity contribution is 0.100. The summed E-state index contributed by atoms with van der Waals surface area (Å²) >= 11 is 6.64. The first-order chi connectivity index (χ1) is 16.6. The molecule has 2 aromatic rings. The van der Waals surface area contributed by atoms with Gasteiger partial charge in [-0.05, 0) is 55.5 Å². The van der Waals surface area contributed by atoms with Crippen LogP contribution in [-0.2, 0) is 15.6 Å². The van der Waals surface area contributed by atoms with Crippen molar-refractivity contribution in [1.29, 1.82) is 0 Å². The molecule has 11 heteroatoms. The number of ether oxygens (including phenoxy) is 1. The van der Waals surface area contributed by atoms with Gasteiger partial charge in [0.1, 0.15) is 16.4 Å². The number of amides is 1. The van der Waals surface area contributed by atoms with Crippen LogP contribution in [-0.4, -0.2) is 57.9 Å². The summed E-state index contributed by atoms with van der Waals surface area (Å²) in [6.07, 6.45) is 2.67. The maximum absolute atomic E-state index is 13.4. The van der Waals surface area contributed by atoms with E-state index in [0.717, 1.165) is 44.3 Å². The predicted octanol–water partition coefficient (Wildman–Crippen LogP) is 2.67. The van der Waals surface area contributed by atoms with Crippen molar-refractivity contribution in [2.45, 2.75) is 30.4 Å². The molecule has 2 fully saturated rings. The minimum absolute atomic E-state index is 0.0589. The molecule has 9 nitrogen and oxygen atoms in total. The molecule has 1 aliphatic carbocycles. The smallest absolute Gasteiger partial charge is 0.280 e. The number of sulfone groups is 1. The first-order valence-corrected chi connectivity index (χ1v) is 13.6. The van der Waals surface area contributed by atoms with Gasteiger partial charge in [0.15, 0.2) is 15.8 Å². The predicted molar refractivity (Wildman–Crippen MR) is 135 cm³/mol. The molecule has 0 aromatic heterocycles. The average Bonchev–Trinajstić information content (AvgIpc) is 3.60. The van der Waals surface area contributed by atoms with Crippen molar-refractivity contribution in [3.8, 4) is 11.5 Å². The van der Waals surface area contributed by atoms with E-state index in [1.807, 2.05) is 12.1 Å². The first-order valence-electron chi connectivity index (χ1n) is 11.6. The number of benzene rings is 2. The molecule has 1 saturated heterocycles. The molecule has 2 aromatic carbocycles. The molecule has 186 valence electrons. The van der Waals surface area contributed by atoms with Crippen molar-refractivity contribution in [2.75, 3.05) is 37.6 Å². The normalized spacial score (nSPS) is 19.2. The summed E-state index contributed by atoms with van der Waals surface area (Å²) in [6.45, 7) is 6.47. The van der Waals surface area contributed by atoms with Gasteiger partial charge in [0.2, 0.25) is 0 Å². The zero-order valence-electron chi connectivity index (χ0n) is 19.5. The Hall–Kier alpha value is -2.82. The van der Waals surface area contributed by atoms with E-state index < -0.39 is 21.7 Å². The number of anilines is 1. The van der Waals surface area contributed by atoms with Crippen LogP contribution < -0.4 is 21.1 Å². The van der Waals surface area contributed by atoms with E-state index in [4.69, 9.17) is 27.8 Å². The molecule has 35 heavy (non-hydrogen) atoms. The Kier molecular flexibility index (Phi) is 6.14. The topological polar surface area (TPSA) is 131 Å². The third kappa shape index (κ3) is 4.96. The lowest BCUT2D eigenvalue weighted by atomic mass is 10.1. The lowest BCUT2D eigenvalue weighted by Crippen LogP contribution is -2.47. The maximum atomic E-state index is 13.4. The van der Waals surface area contributed by atoms with Gasteiger partial charge < -0.3 is 21.1 Å². The minimum atomic E-state index is -3.85. The molecule has 0 spiro atoms. The van der Waals surface area contributed by atoms with Crippen LogP contribution in [0.1, 0.15) is 34.3 Å². The molecule has 0 radical (unpaired) electrons. The fourth-order valence-corrected chi connectivity index (χ4v) is 6.53. The molecule has 1 saturated carbocycles. The highest BCUT2D eigenvalue weighted by atomic mass is 35.5. The van der Waals surface area contributed by atoms with Gasteiger partial charge in [-0.25, -0.2) is 8.42 Å². The Morgan fingerprint density at radius 1 is 1.11 bits per heavy atom. The number of nitrogens with zero attached hydrogens (tertiary/aromatic N) is 3. The number of rotatable bonds is 4. The fraction of sp³-hybridized carbons (Fsp3) is 0.417. The molecule has 5 rings (SSSR count). The summed E-state index contributed by atoms with van der Waals surface area (Å²) < 4.78 is 32.9. The number of nitrogens with two attached hydrogens (primary N) is 2. The van der Waals surface area contributed by atoms with Crippen LogP contribution in [0.2, 0.25) is 5.02 Å². The van der Waals surface area contributed by atoms with Gasteiger partial charge in [-0.1, -0.05) is 11.6 Å². The standard InChI is InChI=1S/C24H28ClN5O4S/c1-14-8-16(23(31)28-24(26)27)10-20-21(14)34-22-17(13-35(20,32)33)9-18(11-19(22)25)30-6-4-29(5-7-30)12-15-2-3-15/h8-11,15H,2-7,12-13H2,1H3,(H4,26,27,28,31). The van der Waals surface area contributed by atoms with E-state index in [1.54, 1.807) is 6.92 Å². The number of aryl methyl sites for hydroxylation is 1. The number of hydrogen-bond acceptors (Lipinski definition) is 6. The van der Waals surface area contributed by atoms with Crippen molar-refractivity contribution < 1.29 is 17.9 Å². The summed E-state index contributed by atoms with van der Waals surface area (Å²) in [5.74, 6) is -0.115. The second-order valence-electron chi connectivity index (χ2n) is 9.47. The van der Waals surface area contributed by atoms with E-state index in [9.17, 15) is 13.2 Å². The van der Waals surface area contributed by atoms with Crippen LogP contribution in [0.4, 0.5) is 5.69 Å². The first kappa shape index (κ1) is 23.9. The summed E-state index contributed by atoms with van der Waals surface area (Å²) in [7, 11) is -3.85. The summed E-state index contributed by atoms with van der Waals surface area (Å²) in [5.41, 5.74) is 12.5. The van der Waals surface area contributed by atoms with Crippen molar-refractivity contribution >= 4 is 39.0 Å². The number of guanidine groups is 1. The molecule has 0 unspecified atom stereocenters. The van der Waals surface area contributed by atoms with Gasteiger partial charge in [-0.3, -0.25) is 9.69 Å². The molecule has 3 aliphatic rings. The minimum Gasteiger partial charge on any atom is -0.454 e. The largest absolute Gasteiger partial charge is 0.454 e. The summed E-state index contributed by atoms with van der Waals surface area (Å²) in [4.78, 5) is 20.5. The quantitative estimate of drug-likeness (QED) is 0.467. The Morgan fingerprint density at radius 3 is 2.49 bits per heavy atom. The molecule has 2 aliphatic heterocycles. The summed E-state index contributed by atoms with van der Waals surface area (Å²) in [6, 6.07) is 6.44. The van der Waals surface area contributed by atoms with Crippen molar-refractivity contribution in [1.82, 2.24) is 4.90 Å². The maximum Gasteiger partial charge on any atom is 0.280 e. The van der Waals surface area contributed by atoms with E-state index >= 15 is 0 Å². The van der Waals surface area contributed by atoms with Crippen molar-refractivity contribution in [3.63, 3.8) is 0 Å². The van der Waals surface area contributed by atoms with Crippen LogP contribution in [0.15, 0.2) is 34.2 Å². The van der Waals surface area contributed by atoms with Crippen LogP contribution >= 0.6 is 11.6 Å². The zero-order chi connectivity index (χ0) is 24.9. The number of piperazine rings is 1. The Morgan fingerprint density at radius 2 is 1.83 bits per heavy atom. The number of fused-ring (bicyclic) bond motifs is 2. The average molecular weight is 518 g/mol. The van der Waals surface area contributed by atoms with Crippen LogP contribution in [0, 0.1) is 12.8 Å². The van der Waals surface area contributed by atoms with Gasteiger partial charge in [0.25, 0.3) is 5.91 Å². The van der Waals surface area contributed by atoms with E-state index in [1.165, 1.54) is 25.0 Å². The SMILES string of the molecule is Cc1cc(C(=O)N=C(N)N)cc2c1Oc1c(Cl)cc(N3CCN(CC4CC4)CC3)cc1CS2(=O)=O. The van der Waals surface area contributed by atoms with Gasteiger partial charge >= 0.3 is 0 Å². The highest BCUT2D eigenvalue weighted by molar-refractivity contribution is 7.90. The van der Waals surface area contributed by atoms with E-state index in [2.05, 4.69) is 14.8 Å². The number of carbonyl (C=O) groups is 1. The highest BCUT2D eigenvalue weighted by Gasteiger charge is 2.32. The van der Waals surface area contributed by atoms with E-state index in [-0.39, 0.29) is 22.0 Å². The third-order valence-corrected chi connectivity index (χ3v) is 8.60. The van der Waals surface area contributed by atoms with Crippen LogP contribution in [0.25, 0.3) is 0 Å². The van der Waals surface area contributed by atoms with E-state index in [0.29, 0.717) is 21.9 Å². The Balaban J connectivity index is 1.46. The van der Waals surface area contributed by atoms with Crippen LogP contribution in [0.3, 0.4) is 0 Å². The number of halogens is 1. The molecular formula is C24H28ClN5O4S. The highest BCUT2D eigenvalue weighted by Crippen LogP contribution is 2.45. The van der Waals surface area contributed by atoms with Gasteiger partial charge in [0, 0.05) is 49.5 Å². The molecule has 1 amide bonds. The third-order valence-electron chi connectivity index (χ3n) is 6.66. The molecular weight excluding hydrogens is 490 g/mol. The lowest BCUT2D eigenvalue weighted by Gasteiger charge is -2.36. The monoisotopic (exact) mass is 517 g/mol. The zero-order valence-corrected chi connectivity index (χ0v) is 21.0. The molecule has 0 bridgehead atoms. The van der Waals surface area contributed by atoms with Gasteiger partial charge in [0.05, 0.1) is 10.8 Å². The number of carbonyl (C=O) groups excluding carboxylic acids is 1. The van der Waals surface area contributed by atoms with Gasteiger partial charge in [-0.2, -0.15) is 4.99 Å². The molecule has 2 heterocycles. The van der Waals surface area contributed by atoms with Gasteiger partial charge in [-0.15, -0.1) is 0 Å². The fourth-order valence-electron chi connectivity index (χ4n) is 4.69.